The predicted octanol–water partition coefficient (Wildman–Crippen LogP) is 3.02. The maximum absolute atomic E-state index is 13.0. The summed E-state index contributed by atoms with van der Waals surface area (Å²) in [6.07, 6.45) is 11.8. The van der Waals surface area contributed by atoms with Crippen molar-refractivity contribution in [2.24, 2.45) is 23.7 Å². The Morgan fingerprint density at radius 2 is 1.64 bits per heavy atom. The van der Waals surface area contributed by atoms with Crippen molar-refractivity contribution >= 4 is 29.5 Å². The van der Waals surface area contributed by atoms with Crippen molar-refractivity contribution < 1.29 is 14.4 Å². The van der Waals surface area contributed by atoms with Gasteiger partial charge in [-0.2, -0.15) is 0 Å². The number of hydrogen-bond donors (Lipinski definition) is 0. The fourth-order valence-electron chi connectivity index (χ4n) is 5.31. The van der Waals surface area contributed by atoms with Crippen molar-refractivity contribution in [3.8, 4) is 0 Å². The minimum atomic E-state index is -0.192. The second kappa shape index (κ2) is 6.73. The van der Waals surface area contributed by atoms with Crippen LogP contribution < -0.4 is 4.90 Å². The molecule has 2 heterocycles. The van der Waals surface area contributed by atoms with E-state index >= 15 is 0 Å². The minimum Gasteiger partial charge on any atom is -0.339 e. The van der Waals surface area contributed by atoms with E-state index in [0.29, 0.717) is 5.69 Å². The lowest BCUT2D eigenvalue weighted by molar-refractivity contribution is -0.127. The van der Waals surface area contributed by atoms with Crippen LogP contribution in [0.3, 0.4) is 0 Å². The largest absolute Gasteiger partial charge is 0.339 e. The van der Waals surface area contributed by atoms with Crippen LogP contribution in [0, 0.1) is 23.7 Å². The Labute approximate surface area is 164 Å². The van der Waals surface area contributed by atoms with E-state index in [1.54, 1.807) is 18.2 Å². The van der Waals surface area contributed by atoms with Gasteiger partial charge in [-0.25, -0.2) is 4.90 Å². The first-order valence-electron chi connectivity index (χ1n) is 10.3. The number of imide groups is 1. The van der Waals surface area contributed by atoms with Crippen LogP contribution in [0.4, 0.5) is 5.69 Å². The number of anilines is 1. The monoisotopic (exact) mass is 376 g/mol. The first-order chi connectivity index (χ1) is 13.6. The number of amides is 3. The van der Waals surface area contributed by atoms with Crippen molar-refractivity contribution in [3.05, 3.63) is 48.1 Å². The fraction of sp³-hybridized carbons (Fsp3) is 0.435. The number of carbonyl (C=O) groups is 3. The smallest absolute Gasteiger partial charge is 0.246 e. The van der Waals surface area contributed by atoms with Gasteiger partial charge in [-0.1, -0.05) is 24.3 Å². The standard InChI is InChI=1S/C23H24N2O3/c26-19(24-11-2-1-3-12-24)10-7-15-5-4-6-18(13-15)25-22(27)20-16-8-9-17(14-16)21(20)23(25)28/h4-10,13,16-17,20-21H,1-3,11-12,14H2. The van der Waals surface area contributed by atoms with Crippen LogP contribution in [-0.4, -0.2) is 35.7 Å². The molecule has 1 saturated carbocycles. The number of carbonyl (C=O) groups excluding carboxylic acids is 3. The zero-order valence-corrected chi connectivity index (χ0v) is 15.8. The quantitative estimate of drug-likeness (QED) is 0.463. The predicted molar refractivity (Wildman–Crippen MR) is 106 cm³/mol. The van der Waals surface area contributed by atoms with Crippen molar-refractivity contribution in [2.45, 2.75) is 25.7 Å². The van der Waals surface area contributed by atoms with E-state index in [-0.39, 0.29) is 41.4 Å². The molecule has 2 saturated heterocycles. The van der Waals surface area contributed by atoms with Gasteiger partial charge in [0.05, 0.1) is 17.5 Å². The highest BCUT2D eigenvalue weighted by Crippen LogP contribution is 2.53. The zero-order valence-electron chi connectivity index (χ0n) is 15.8. The van der Waals surface area contributed by atoms with Gasteiger partial charge in [0, 0.05) is 19.2 Å². The summed E-state index contributed by atoms with van der Waals surface area (Å²) < 4.78 is 0. The topological polar surface area (TPSA) is 57.7 Å². The number of piperidine rings is 1. The van der Waals surface area contributed by atoms with Crippen molar-refractivity contribution in [1.82, 2.24) is 4.90 Å². The molecule has 0 spiro atoms. The Kier molecular flexibility index (Phi) is 4.18. The summed E-state index contributed by atoms with van der Waals surface area (Å²) in [5, 5.41) is 0. The summed E-state index contributed by atoms with van der Waals surface area (Å²) in [5.74, 6) is -0.0847. The lowest BCUT2D eigenvalue weighted by Gasteiger charge is -2.25. The molecule has 4 atom stereocenters. The molecule has 5 heteroatoms. The van der Waals surface area contributed by atoms with Gasteiger partial charge >= 0.3 is 0 Å². The first-order valence-corrected chi connectivity index (χ1v) is 10.3. The summed E-state index contributed by atoms with van der Waals surface area (Å²) in [4.78, 5) is 41.5. The molecular formula is C23H24N2O3. The van der Waals surface area contributed by atoms with Crippen molar-refractivity contribution in [3.63, 3.8) is 0 Å². The van der Waals surface area contributed by atoms with E-state index in [4.69, 9.17) is 0 Å². The van der Waals surface area contributed by atoms with E-state index in [1.165, 1.54) is 11.3 Å². The molecule has 5 rings (SSSR count). The van der Waals surface area contributed by atoms with Gasteiger partial charge in [0.15, 0.2) is 0 Å². The van der Waals surface area contributed by atoms with Crippen LogP contribution in [0.15, 0.2) is 42.5 Å². The van der Waals surface area contributed by atoms with Gasteiger partial charge in [-0.15, -0.1) is 0 Å². The summed E-state index contributed by atoms with van der Waals surface area (Å²) >= 11 is 0. The zero-order chi connectivity index (χ0) is 19.3. The molecule has 3 amide bonds. The summed E-state index contributed by atoms with van der Waals surface area (Å²) in [6.45, 7) is 1.64. The van der Waals surface area contributed by atoms with E-state index < -0.39 is 0 Å². The SMILES string of the molecule is O=C(C=Cc1cccc(N2C(=O)C3C4C=CC(C4)C3C2=O)c1)N1CCCCC1. The summed E-state index contributed by atoms with van der Waals surface area (Å²) in [7, 11) is 0. The molecule has 2 aliphatic heterocycles. The van der Waals surface area contributed by atoms with E-state index in [2.05, 4.69) is 12.2 Å². The third-order valence-electron chi connectivity index (χ3n) is 6.68. The fourth-order valence-corrected chi connectivity index (χ4v) is 5.31. The molecule has 5 nitrogen and oxygen atoms in total. The summed E-state index contributed by atoms with van der Waals surface area (Å²) in [5.41, 5.74) is 1.43. The number of benzene rings is 1. The lowest BCUT2D eigenvalue weighted by Crippen LogP contribution is -2.34. The number of hydrogen-bond acceptors (Lipinski definition) is 3. The van der Waals surface area contributed by atoms with Gasteiger partial charge in [-0.05, 0) is 61.3 Å². The van der Waals surface area contributed by atoms with Crippen LogP contribution in [0.1, 0.15) is 31.2 Å². The molecule has 4 unspecified atom stereocenters. The number of fused-ring (bicyclic) bond motifs is 5. The Balaban J connectivity index is 1.35. The Morgan fingerprint density at radius 1 is 0.964 bits per heavy atom. The average molecular weight is 376 g/mol. The minimum absolute atomic E-state index is 0.0237. The average Bonchev–Trinajstić information content (AvgIpc) is 3.41. The van der Waals surface area contributed by atoms with Crippen molar-refractivity contribution in [1.29, 1.82) is 0 Å². The summed E-state index contributed by atoms with van der Waals surface area (Å²) in [6, 6.07) is 7.35. The molecule has 28 heavy (non-hydrogen) atoms. The van der Waals surface area contributed by atoms with Crippen LogP contribution in [0.2, 0.25) is 0 Å². The number of likely N-dealkylation sites (tertiary alicyclic amines) is 1. The number of allylic oxidation sites excluding steroid dienone is 2. The molecule has 4 aliphatic rings. The van der Waals surface area contributed by atoms with Gasteiger partial charge in [-0.3, -0.25) is 14.4 Å². The van der Waals surface area contributed by atoms with Crippen molar-refractivity contribution in [2.75, 3.05) is 18.0 Å². The number of rotatable bonds is 3. The molecule has 2 aliphatic carbocycles. The van der Waals surface area contributed by atoms with Crippen LogP contribution >= 0.6 is 0 Å². The molecule has 0 radical (unpaired) electrons. The Morgan fingerprint density at radius 3 is 2.32 bits per heavy atom. The highest BCUT2D eigenvalue weighted by Gasteiger charge is 2.59. The maximum atomic E-state index is 13.0. The van der Waals surface area contributed by atoms with Gasteiger partial charge in [0.2, 0.25) is 17.7 Å². The molecule has 3 fully saturated rings. The normalized spacial score (nSPS) is 31.3. The van der Waals surface area contributed by atoms with E-state index in [1.807, 2.05) is 23.1 Å². The Hall–Kier alpha value is -2.69. The lowest BCUT2D eigenvalue weighted by atomic mass is 9.85. The molecule has 2 bridgehead atoms. The molecule has 0 N–H and O–H groups in total. The third kappa shape index (κ3) is 2.72. The highest BCUT2D eigenvalue weighted by atomic mass is 16.2. The highest BCUT2D eigenvalue weighted by molar-refractivity contribution is 6.22. The van der Waals surface area contributed by atoms with E-state index in [0.717, 1.165) is 37.9 Å². The Bertz CT molecular complexity index is 867. The second-order valence-corrected chi connectivity index (χ2v) is 8.33. The number of nitrogens with zero attached hydrogens (tertiary/aromatic N) is 2. The third-order valence-corrected chi connectivity index (χ3v) is 6.68. The molecular weight excluding hydrogens is 352 g/mol. The molecule has 1 aromatic rings. The first kappa shape index (κ1) is 17.4. The van der Waals surface area contributed by atoms with E-state index in [9.17, 15) is 14.4 Å². The van der Waals surface area contributed by atoms with Gasteiger partial charge in [0.25, 0.3) is 0 Å². The molecule has 0 aromatic heterocycles. The maximum Gasteiger partial charge on any atom is 0.246 e. The van der Waals surface area contributed by atoms with Gasteiger partial charge < -0.3 is 4.90 Å². The van der Waals surface area contributed by atoms with Gasteiger partial charge in [0.1, 0.15) is 0 Å². The molecule has 144 valence electrons. The second-order valence-electron chi connectivity index (χ2n) is 8.33. The van der Waals surface area contributed by atoms with Crippen LogP contribution in [-0.2, 0) is 14.4 Å². The van der Waals surface area contributed by atoms with Crippen LogP contribution in [0.5, 0.6) is 0 Å². The molecule has 1 aromatic carbocycles. The van der Waals surface area contributed by atoms with Crippen LogP contribution in [0.25, 0.3) is 6.08 Å².